The molecule has 0 unspecified atom stereocenters. The van der Waals surface area contributed by atoms with Crippen molar-refractivity contribution < 1.29 is 14.3 Å². The molecule has 0 saturated heterocycles. The van der Waals surface area contributed by atoms with Gasteiger partial charge in [-0.25, -0.2) is 4.98 Å². The van der Waals surface area contributed by atoms with Gasteiger partial charge in [0.25, 0.3) is 0 Å². The molecule has 1 aromatic heterocycles. The molecule has 0 aliphatic heterocycles. The molecule has 0 fully saturated rings. The van der Waals surface area contributed by atoms with Gasteiger partial charge in [-0.3, -0.25) is 9.59 Å². The fourth-order valence-electron chi connectivity index (χ4n) is 2.14. The first kappa shape index (κ1) is 17.9. The number of hydrogen-bond acceptors (Lipinski definition) is 5. The summed E-state index contributed by atoms with van der Waals surface area (Å²) in [4.78, 5) is 29.9. The van der Waals surface area contributed by atoms with Gasteiger partial charge in [-0.05, 0) is 31.1 Å². The number of aromatic nitrogens is 1. The second kappa shape index (κ2) is 8.40. The Hall–Kier alpha value is -2.47. The van der Waals surface area contributed by atoms with Gasteiger partial charge in [0.1, 0.15) is 6.54 Å². The molecule has 0 N–H and O–H groups in total. The van der Waals surface area contributed by atoms with E-state index in [1.807, 2.05) is 43.5 Å². The number of thiazole rings is 1. The second-order valence-electron chi connectivity index (χ2n) is 5.32. The number of carbonyl (C=O) groups is 2. The van der Waals surface area contributed by atoms with E-state index in [4.69, 9.17) is 4.74 Å². The van der Waals surface area contributed by atoms with E-state index in [1.54, 1.807) is 6.08 Å². The molecule has 1 aromatic carbocycles. The Labute approximate surface area is 145 Å². The van der Waals surface area contributed by atoms with Gasteiger partial charge in [-0.1, -0.05) is 24.3 Å². The molecule has 0 aliphatic carbocycles. The second-order valence-corrected chi connectivity index (χ2v) is 6.38. The molecule has 0 spiro atoms. The Morgan fingerprint density at radius 3 is 2.67 bits per heavy atom. The highest BCUT2D eigenvalue weighted by atomic mass is 32.1. The van der Waals surface area contributed by atoms with Gasteiger partial charge in [0, 0.05) is 18.0 Å². The number of benzene rings is 1. The van der Waals surface area contributed by atoms with Crippen molar-refractivity contribution in [1.82, 2.24) is 9.88 Å². The predicted molar refractivity (Wildman–Crippen MR) is 94.5 cm³/mol. The number of aryl methyl sites for hydroxylation is 2. The summed E-state index contributed by atoms with van der Waals surface area (Å²) in [5.41, 5.74) is 2.80. The van der Waals surface area contributed by atoms with Gasteiger partial charge in [0.15, 0.2) is 0 Å². The molecule has 0 saturated carbocycles. The van der Waals surface area contributed by atoms with Crippen molar-refractivity contribution >= 4 is 29.3 Å². The summed E-state index contributed by atoms with van der Waals surface area (Å²) in [6, 6.07) is 7.78. The van der Waals surface area contributed by atoms with Crippen molar-refractivity contribution in [2.75, 3.05) is 13.7 Å². The molecular weight excluding hydrogens is 324 g/mol. The zero-order chi connectivity index (χ0) is 17.5. The largest absolute Gasteiger partial charge is 0.468 e. The van der Waals surface area contributed by atoms with E-state index in [9.17, 15) is 9.59 Å². The summed E-state index contributed by atoms with van der Waals surface area (Å²) in [5.74, 6) is -0.704. The first-order valence-corrected chi connectivity index (χ1v) is 8.38. The van der Waals surface area contributed by atoms with Crippen molar-refractivity contribution in [2.24, 2.45) is 0 Å². The van der Waals surface area contributed by atoms with Crippen LogP contribution in [0, 0.1) is 13.8 Å². The number of carbonyl (C=O) groups excluding carboxylic acids is 2. The van der Waals surface area contributed by atoms with Gasteiger partial charge >= 0.3 is 5.97 Å². The summed E-state index contributed by atoms with van der Waals surface area (Å²) >= 11 is 1.52. The van der Waals surface area contributed by atoms with Crippen LogP contribution in [0.4, 0.5) is 0 Å². The number of methoxy groups -OCH3 is 1. The Morgan fingerprint density at radius 1 is 1.29 bits per heavy atom. The summed E-state index contributed by atoms with van der Waals surface area (Å²) in [5, 5.41) is 2.82. The lowest BCUT2D eigenvalue weighted by molar-refractivity contribution is -0.145. The van der Waals surface area contributed by atoms with Crippen LogP contribution in [0.25, 0.3) is 6.08 Å². The maximum absolute atomic E-state index is 12.5. The molecule has 6 heteroatoms. The molecule has 24 heavy (non-hydrogen) atoms. The zero-order valence-electron chi connectivity index (χ0n) is 14.0. The number of rotatable bonds is 6. The lowest BCUT2D eigenvalue weighted by Gasteiger charge is -2.21. The molecule has 0 radical (unpaired) electrons. The molecule has 1 amide bonds. The number of hydrogen-bond donors (Lipinski definition) is 0. The van der Waals surface area contributed by atoms with Crippen molar-refractivity contribution in [3.8, 4) is 0 Å². The van der Waals surface area contributed by atoms with E-state index in [2.05, 4.69) is 4.98 Å². The molecule has 2 rings (SSSR count). The van der Waals surface area contributed by atoms with Gasteiger partial charge in [-0.2, -0.15) is 0 Å². The highest BCUT2D eigenvalue weighted by molar-refractivity contribution is 7.09. The first-order valence-electron chi connectivity index (χ1n) is 7.50. The maximum Gasteiger partial charge on any atom is 0.325 e. The number of esters is 1. The Bertz CT molecular complexity index is 752. The fourth-order valence-corrected chi connectivity index (χ4v) is 2.72. The van der Waals surface area contributed by atoms with E-state index in [1.165, 1.54) is 29.4 Å². The van der Waals surface area contributed by atoms with Gasteiger partial charge < -0.3 is 9.64 Å². The minimum Gasteiger partial charge on any atom is -0.468 e. The Morgan fingerprint density at radius 2 is 2.04 bits per heavy atom. The topological polar surface area (TPSA) is 59.5 Å². The van der Waals surface area contributed by atoms with Crippen LogP contribution in [0.5, 0.6) is 0 Å². The molecule has 1 heterocycles. The van der Waals surface area contributed by atoms with Crippen LogP contribution in [-0.2, 0) is 20.9 Å². The van der Waals surface area contributed by atoms with E-state index >= 15 is 0 Å². The molecule has 2 aromatic rings. The summed E-state index contributed by atoms with van der Waals surface area (Å²) in [6.07, 6.45) is 3.10. The highest BCUT2D eigenvalue weighted by Gasteiger charge is 2.16. The van der Waals surface area contributed by atoms with Crippen LogP contribution in [0.3, 0.4) is 0 Å². The average Bonchev–Trinajstić information content (AvgIpc) is 2.99. The van der Waals surface area contributed by atoms with Crippen LogP contribution in [0.15, 0.2) is 35.7 Å². The lowest BCUT2D eigenvalue weighted by atomic mass is 10.1. The maximum atomic E-state index is 12.5. The molecule has 5 nitrogen and oxygen atoms in total. The van der Waals surface area contributed by atoms with Crippen molar-refractivity contribution in [3.05, 3.63) is 57.6 Å². The van der Waals surface area contributed by atoms with Crippen molar-refractivity contribution in [2.45, 2.75) is 20.4 Å². The van der Waals surface area contributed by atoms with Crippen molar-refractivity contribution in [3.63, 3.8) is 0 Å². The van der Waals surface area contributed by atoms with Crippen LogP contribution >= 0.6 is 11.3 Å². The van der Waals surface area contributed by atoms with Crippen LogP contribution in [-0.4, -0.2) is 35.4 Å². The van der Waals surface area contributed by atoms with Crippen LogP contribution in [0.1, 0.15) is 21.8 Å². The minimum absolute atomic E-state index is 0.0932. The summed E-state index contributed by atoms with van der Waals surface area (Å²) < 4.78 is 4.70. The monoisotopic (exact) mass is 344 g/mol. The van der Waals surface area contributed by atoms with E-state index < -0.39 is 5.97 Å². The number of nitrogens with zero attached hydrogens (tertiary/aromatic N) is 2. The average molecular weight is 344 g/mol. The SMILES string of the molecule is COC(=O)CN(Cc1ccccc1C)C(=O)C=Cc1csc(C)n1. The lowest BCUT2D eigenvalue weighted by Crippen LogP contribution is -2.34. The normalized spacial score (nSPS) is 10.8. The Kier molecular flexibility index (Phi) is 6.26. The fraction of sp³-hybridized carbons (Fsp3) is 0.278. The van der Waals surface area contributed by atoms with E-state index in [0.717, 1.165) is 21.8 Å². The molecule has 0 atom stereocenters. The first-order chi connectivity index (χ1) is 11.5. The van der Waals surface area contributed by atoms with Gasteiger partial charge in [0.05, 0.1) is 17.8 Å². The third-order valence-electron chi connectivity index (χ3n) is 3.52. The van der Waals surface area contributed by atoms with Gasteiger partial charge in [-0.15, -0.1) is 11.3 Å². The summed E-state index contributed by atoms with van der Waals surface area (Å²) in [7, 11) is 1.31. The summed E-state index contributed by atoms with van der Waals surface area (Å²) in [6.45, 7) is 4.14. The van der Waals surface area contributed by atoms with Crippen LogP contribution < -0.4 is 0 Å². The van der Waals surface area contributed by atoms with Crippen LogP contribution in [0.2, 0.25) is 0 Å². The smallest absolute Gasteiger partial charge is 0.325 e. The van der Waals surface area contributed by atoms with E-state index in [-0.39, 0.29) is 12.5 Å². The van der Waals surface area contributed by atoms with Gasteiger partial charge in [0.2, 0.25) is 5.91 Å². The molecular formula is C18H20N2O3S. The van der Waals surface area contributed by atoms with Crippen molar-refractivity contribution in [1.29, 1.82) is 0 Å². The third kappa shape index (κ3) is 5.03. The molecule has 126 valence electrons. The highest BCUT2D eigenvalue weighted by Crippen LogP contribution is 2.13. The molecule has 0 bridgehead atoms. The predicted octanol–water partition coefficient (Wildman–Crippen LogP) is 2.97. The molecule has 0 aliphatic rings. The minimum atomic E-state index is -0.449. The number of ether oxygens (including phenoxy) is 1. The van der Waals surface area contributed by atoms with E-state index in [0.29, 0.717) is 6.54 Å². The Balaban J connectivity index is 2.15. The quantitative estimate of drug-likeness (QED) is 0.597. The number of amides is 1. The standard InChI is InChI=1S/C18H20N2O3S/c1-13-6-4-5-7-15(13)10-20(11-18(22)23-3)17(21)9-8-16-12-24-14(2)19-16/h4-9,12H,10-11H2,1-3H3. The third-order valence-corrected chi connectivity index (χ3v) is 4.31. The zero-order valence-corrected chi connectivity index (χ0v) is 14.8.